The maximum absolute atomic E-state index is 10.5. The van der Waals surface area contributed by atoms with Crippen molar-refractivity contribution < 1.29 is 5.11 Å². The van der Waals surface area contributed by atoms with E-state index in [1.807, 2.05) is 6.92 Å². The number of phenols is 1. The molecule has 2 aliphatic rings. The van der Waals surface area contributed by atoms with Gasteiger partial charge in [-0.1, -0.05) is 6.07 Å². The van der Waals surface area contributed by atoms with Gasteiger partial charge in [-0.05, 0) is 32.3 Å². The van der Waals surface area contributed by atoms with Gasteiger partial charge in [0.1, 0.15) is 5.75 Å². The monoisotopic (exact) mass is 232 g/mol. The Morgan fingerprint density at radius 3 is 2.71 bits per heavy atom. The number of rotatable bonds is 2. The van der Waals surface area contributed by atoms with E-state index in [1.54, 1.807) is 0 Å². The molecule has 1 fully saturated rings. The number of benzene rings is 1. The lowest BCUT2D eigenvalue weighted by molar-refractivity contribution is 0.442. The third kappa shape index (κ3) is 1.38. The van der Waals surface area contributed by atoms with E-state index >= 15 is 0 Å². The third-order valence-electron chi connectivity index (χ3n) is 4.56. The average Bonchev–Trinajstić information content (AvgIpc) is 3.00. The summed E-state index contributed by atoms with van der Waals surface area (Å²) in [7, 11) is 2.07. The number of nitrogens with zero attached hydrogens (tertiary/aromatic N) is 1. The molecule has 1 saturated carbocycles. The van der Waals surface area contributed by atoms with Gasteiger partial charge in [-0.2, -0.15) is 0 Å². The van der Waals surface area contributed by atoms with E-state index in [1.165, 1.54) is 5.69 Å². The fourth-order valence-corrected chi connectivity index (χ4v) is 3.14. The summed E-state index contributed by atoms with van der Waals surface area (Å²) >= 11 is 0. The van der Waals surface area contributed by atoms with Crippen LogP contribution >= 0.6 is 0 Å². The molecule has 1 unspecified atom stereocenters. The topological polar surface area (TPSA) is 49.5 Å². The molecule has 0 saturated heterocycles. The normalized spacial score (nSPS) is 22.4. The van der Waals surface area contributed by atoms with E-state index < -0.39 is 0 Å². The zero-order valence-electron chi connectivity index (χ0n) is 10.5. The van der Waals surface area contributed by atoms with Crippen molar-refractivity contribution in [3.05, 3.63) is 23.3 Å². The highest BCUT2D eigenvalue weighted by Gasteiger charge is 2.49. The number of hydrogen-bond donors (Lipinski definition) is 2. The minimum Gasteiger partial charge on any atom is -0.507 e. The van der Waals surface area contributed by atoms with Crippen LogP contribution in [-0.2, 0) is 11.8 Å². The van der Waals surface area contributed by atoms with Crippen LogP contribution in [0.2, 0.25) is 0 Å². The van der Waals surface area contributed by atoms with Crippen molar-refractivity contribution >= 4 is 5.69 Å². The highest BCUT2D eigenvalue weighted by atomic mass is 16.3. The molecule has 3 nitrogen and oxygen atoms in total. The molecule has 1 aliphatic carbocycles. The first-order chi connectivity index (χ1) is 8.06. The summed E-state index contributed by atoms with van der Waals surface area (Å²) in [6.45, 7) is 3.04. The van der Waals surface area contributed by atoms with Gasteiger partial charge in [0.2, 0.25) is 0 Å². The largest absolute Gasteiger partial charge is 0.507 e. The van der Waals surface area contributed by atoms with E-state index in [0.717, 1.165) is 36.9 Å². The molecule has 0 bridgehead atoms. The molecule has 3 heteroatoms. The molecular weight excluding hydrogens is 212 g/mol. The molecular formula is C14H20N2O. The van der Waals surface area contributed by atoms with Crippen molar-refractivity contribution in [2.45, 2.75) is 37.6 Å². The lowest BCUT2D eigenvalue weighted by Gasteiger charge is -2.23. The fraction of sp³-hybridized carbons (Fsp3) is 0.571. The Kier molecular flexibility index (Phi) is 2.17. The second-order valence-corrected chi connectivity index (χ2v) is 5.58. The van der Waals surface area contributed by atoms with Gasteiger partial charge < -0.3 is 15.7 Å². The molecule has 3 N–H and O–H groups in total. The number of nitrogens with two attached hydrogens (primary N) is 1. The first kappa shape index (κ1) is 10.9. The zero-order chi connectivity index (χ0) is 12.2. The van der Waals surface area contributed by atoms with Crippen LogP contribution in [0.3, 0.4) is 0 Å². The Morgan fingerprint density at radius 2 is 2.12 bits per heavy atom. The number of aromatic hydroxyl groups is 1. The molecule has 1 aromatic rings. The Bertz CT molecular complexity index is 464. The van der Waals surface area contributed by atoms with Crippen molar-refractivity contribution in [1.29, 1.82) is 0 Å². The maximum Gasteiger partial charge on any atom is 0.124 e. The summed E-state index contributed by atoms with van der Waals surface area (Å²) < 4.78 is 0. The second kappa shape index (κ2) is 3.39. The minimum atomic E-state index is 0.0419. The van der Waals surface area contributed by atoms with E-state index in [4.69, 9.17) is 5.73 Å². The Balaban J connectivity index is 2.09. The van der Waals surface area contributed by atoms with E-state index in [0.29, 0.717) is 5.75 Å². The number of anilines is 1. The molecule has 1 atom stereocenters. The van der Waals surface area contributed by atoms with Gasteiger partial charge in [0.25, 0.3) is 0 Å². The summed E-state index contributed by atoms with van der Waals surface area (Å²) in [4.78, 5) is 2.20. The molecule has 3 rings (SSSR count). The summed E-state index contributed by atoms with van der Waals surface area (Å²) in [6, 6.07) is 4.33. The number of likely N-dealkylation sites (N-methyl/N-ethyl adjacent to an activating group) is 1. The van der Waals surface area contributed by atoms with Crippen LogP contribution in [0.4, 0.5) is 5.69 Å². The first-order valence-corrected chi connectivity index (χ1v) is 6.38. The molecule has 0 aromatic heterocycles. The average molecular weight is 232 g/mol. The Morgan fingerprint density at radius 1 is 1.41 bits per heavy atom. The zero-order valence-corrected chi connectivity index (χ0v) is 10.5. The standard InChI is InChI=1S/C14H20N2O/c1-9(15)14(6-7-14)11-3-4-12-10(13(11)17)5-8-16(12)2/h3-4,9,17H,5-8,15H2,1-2H3. The van der Waals surface area contributed by atoms with Gasteiger partial charge in [-0.25, -0.2) is 0 Å². The molecule has 1 aliphatic heterocycles. The van der Waals surface area contributed by atoms with Gasteiger partial charge in [-0.3, -0.25) is 0 Å². The van der Waals surface area contributed by atoms with Crippen molar-refractivity contribution in [2.24, 2.45) is 5.73 Å². The molecule has 0 amide bonds. The second-order valence-electron chi connectivity index (χ2n) is 5.58. The summed E-state index contributed by atoms with van der Waals surface area (Å²) in [5.41, 5.74) is 9.48. The van der Waals surface area contributed by atoms with Gasteiger partial charge >= 0.3 is 0 Å². The molecule has 0 spiro atoms. The molecule has 17 heavy (non-hydrogen) atoms. The van der Waals surface area contributed by atoms with Crippen LogP contribution in [0.25, 0.3) is 0 Å². The van der Waals surface area contributed by atoms with E-state index in [9.17, 15) is 5.11 Å². The predicted octanol–water partition coefficient (Wildman–Crippen LogP) is 1.76. The SMILES string of the molecule is CC(N)C1(c2ccc3c(c2O)CCN3C)CC1. The van der Waals surface area contributed by atoms with Crippen LogP contribution in [0.5, 0.6) is 5.75 Å². The van der Waals surface area contributed by atoms with E-state index in [2.05, 4.69) is 24.1 Å². The minimum absolute atomic E-state index is 0.0419. The van der Waals surface area contributed by atoms with Crippen LogP contribution in [-0.4, -0.2) is 24.7 Å². The Labute approximate surface area is 102 Å². The predicted molar refractivity (Wildman–Crippen MR) is 69.6 cm³/mol. The lowest BCUT2D eigenvalue weighted by Crippen LogP contribution is -2.31. The van der Waals surface area contributed by atoms with Gasteiger partial charge in [0.05, 0.1) is 0 Å². The first-order valence-electron chi connectivity index (χ1n) is 6.38. The van der Waals surface area contributed by atoms with Crippen molar-refractivity contribution in [2.75, 3.05) is 18.5 Å². The molecule has 0 radical (unpaired) electrons. The van der Waals surface area contributed by atoms with Crippen LogP contribution in [0.15, 0.2) is 12.1 Å². The summed E-state index contributed by atoms with van der Waals surface area (Å²) in [6.07, 6.45) is 3.15. The van der Waals surface area contributed by atoms with Crippen molar-refractivity contribution in [3.63, 3.8) is 0 Å². The maximum atomic E-state index is 10.5. The molecule has 1 aromatic carbocycles. The molecule has 1 heterocycles. The van der Waals surface area contributed by atoms with Crippen LogP contribution in [0, 0.1) is 0 Å². The van der Waals surface area contributed by atoms with Crippen LogP contribution < -0.4 is 10.6 Å². The number of hydrogen-bond acceptors (Lipinski definition) is 3. The number of fused-ring (bicyclic) bond motifs is 1. The third-order valence-corrected chi connectivity index (χ3v) is 4.56. The van der Waals surface area contributed by atoms with Crippen molar-refractivity contribution in [3.8, 4) is 5.75 Å². The smallest absolute Gasteiger partial charge is 0.124 e. The van der Waals surface area contributed by atoms with Crippen molar-refractivity contribution in [1.82, 2.24) is 0 Å². The van der Waals surface area contributed by atoms with Gasteiger partial charge in [0, 0.05) is 41.9 Å². The highest BCUT2D eigenvalue weighted by Crippen LogP contribution is 2.54. The Hall–Kier alpha value is -1.22. The van der Waals surface area contributed by atoms with Gasteiger partial charge in [-0.15, -0.1) is 0 Å². The van der Waals surface area contributed by atoms with E-state index in [-0.39, 0.29) is 11.5 Å². The summed E-state index contributed by atoms with van der Waals surface area (Å²) in [5.74, 6) is 0.502. The quantitative estimate of drug-likeness (QED) is 0.817. The van der Waals surface area contributed by atoms with Crippen LogP contribution in [0.1, 0.15) is 30.9 Å². The highest BCUT2D eigenvalue weighted by molar-refractivity contribution is 5.66. The molecule has 92 valence electrons. The lowest BCUT2D eigenvalue weighted by atomic mass is 9.87. The van der Waals surface area contributed by atoms with Gasteiger partial charge in [0.15, 0.2) is 0 Å². The fourth-order valence-electron chi connectivity index (χ4n) is 3.14. The summed E-state index contributed by atoms with van der Waals surface area (Å²) in [5, 5.41) is 10.5. The number of phenolic OH excluding ortho intramolecular Hbond substituents is 1.